The highest BCUT2D eigenvalue weighted by Crippen LogP contribution is 2.24. The summed E-state index contributed by atoms with van der Waals surface area (Å²) in [4.78, 5) is 0. The third-order valence-corrected chi connectivity index (χ3v) is 4.58. The van der Waals surface area contributed by atoms with E-state index in [2.05, 4.69) is 47.6 Å². The molecule has 0 radical (unpaired) electrons. The fraction of sp³-hybridized carbons (Fsp3) is 0.368. The molecule has 0 saturated carbocycles. The maximum absolute atomic E-state index is 5.22. The summed E-state index contributed by atoms with van der Waals surface area (Å²) in [6.07, 6.45) is 5.84. The largest absolute Gasteiger partial charge is 0.497 e. The number of benzene rings is 1. The quantitative estimate of drug-likeness (QED) is 0.693. The Bertz CT molecular complexity index is 805. The molecule has 25 heavy (non-hydrogen) atoms. The van der Waals surface area contributed by atoms with Crippen LogP contribution >= 0.6 is 0 Å². The normalized spacial score (nSPS) is 13.6. The Labute approximate surface area is 148 Å². The van der Waals surface area contributed by atoms with Crippen molar-refractivity contribution in [3.63, 3.8) is 0 Å². The van der Waals surface area contributed by atoms with Crippen molar-refractivity contribution in [1.82, 2.24) is 25.3 Å². The first-order valence-electron chi connectivity index (χ1n) is 8.49. The van der Waals surface area contributed by atoms with Gasteiger partial charge in [-0.2, -0.15) is 10.2 Å². The van der Waals surface area contributed by atoms with Crippen LogP contribution in [0.25, 0.3) is 11.3 Å². The topological polar surface area (TPSA) is 67.8 Å². The molecule has 2 atom stereocenters. The Morgan fingerprint density at radius 2 is 1.96 bits per heavy atom. The van der Waals surface area contributed by atoms with Gasteiger partial charge in [0.15, 0.2) is 0 Å². The van der Waals surface area contributed by atoms with E-state index in [4.69, 9.17) is 4.74 Å². The predicted molar refractivity (Wildman–Crippen MR) is 98.6 cm³/mol. The number of methoxy groups -OCH3 is 1. The third-order valence-electron chi connectivity index (χ3n) is 4.58. The summed E-state index contributed by atoms with van der Waals surface area (Å²) in [7, 11) is 1.67. The average Bonchev–Trinajstić information content (AvgIpc) is 3.28. The lowest BCUT2D eigenvalue weighted by molar-refractivity contribution is 0.365. The van der Waals surface area contributed by atoms with Gasteiger partial charge in [0.25, 0.3) is 0 Å². The number of aryl methyl sites for hydroxylation is 1. The highest BCUT2D eigenvalue weighted by Gasteiger charge is 2.16. The number of ether oxygens (including phenoxy) is 1. The summed E-state index contributed by atoms with van der Waals surface area (Å²) in [5, 5.41) is 15.3. The number of aromatic amines is 1. The minimum absolute atomic E-state index is 0.269. The zero-order valence-corrected chi connectivity index (χ0v) is 15.2. The van der Waals surface area contributed by atoms with Gasteiger partial charge in [0.2, 0.25) is 0 Å². The number of nitrogens with one attached hydrogen (secondary N) is 2. The van der Waals surface area contributed by atoms with Gasteiger partial charge in [0.05, 0.1) is 31.2 Å². The number of rotatable bonds is 7. The van der Waals surface area contributed by atoms with Crippen LogP contribution in [0.3, 0.4) is 0 Å². The molecule has 0 aliphatic carbocycles. The first-order chi connectivity index (χ1) is 12.1. The van der Waals surface area contributed by atoms with E-state index in [1.54, 1.807) is 7.11 Å². The van der Waals surface area contributed by atoms with Crippen molar-refractivity contribution in [3.05, 3.63) is 54.0 Å². The summed E-state index contributed by atoms with van der Waals surface area (Å²) in [5.41, 5.74) is 4.44. The highest BCUT2D eigenvalue weighted by atomic mass is 16.5. The number of H-pyrrole nitrogens is 1. The number of nitrogens with zero attached hydrogens (tertiary/aromatic N) is 3. The van der Waals surface area contributed by atoms with Gasteiger partial charge in [0, 0.05) is 29.9 Å². The van der Waals surface area contributed by atoms with Crippen LogP contribution in [0, 0.1) is 6.92 Å². The van der Waals surface area contributed by atoms with Gasteiger partial charge >= 0.3 is 0 Å². The Morgan fingerprint density at radius 3 is 2.60 bits per heavy atom. The lowest BCUT2D eigenvalue weighted by Gasteiger charge is -2.22. The van der Waals surface area contributed by atoms with E-state index in [9.17, 15) is 0 Å². The molecule has 132 valence electrons. The summed E-state index contributed by atoms with van der Waals surface area (Å²) in [5.74, 6) is 0.847. The van der Waals surface area contributed by atoms with E-state index >= 15 is 0 Å². The molecule has 1 aromatic carbocycles. The van der Waals surface area contributed by atoms with E-state index in [-0.39, 0.29) is 12.1 Å². The molecule has 0 spiro atoms. The number of aromatic nitrogens is 4. The smallest absolute Gasteiger partial charge is 0.118 e. The first kappa shape index (κ1) is 17.2. The van der Waals surface area contributed by atoms with Crippen LogP contribution < -0.4 is 10.1 Å². The second-order valence-corrected chi connectivity index (χ2v) is 6.41. The van der Waals surface area contributed by atoms with Gasteiger partial charge in [0.1, 0.15) is 5.75 Å². The second kappa shape index (κ2) is 7.53. The average molecular weight is 339 g/mol. The minimum atomic E-state index is 0.269. The molecule has 0 unspecified atom stereocenters. The van der Waals surface area contributed by atoms with Crippen LogP contribution in [-0.2, 0) is 6.54 Å². The van der Waals surface area contributed by atoms with Crippen molar-refractivity contribution in [2.24, 2.45) is 0 Å². The molecule has 6 nitrogen and oxygen atoms in total. The molecular formula is C19H25N5O. The van der Waals surface area contributed by atoms with Crippen molar-refractivity contribution in [2.75, 3.05) is 7.11 Å². The fourth-order valence-corrected chi connectivity index (χ4v) is 2.78. The maximum Gasteiger partial charge on any atom is 0.118 e. The molecule has 3 aromatic rings. The number of hydrogen-bond donors (Lipinski definition) is 2. The lowest BCUT2D eigenvalue weighted by atomic mass is 10.1. The van der Waals surface area contributed by atoms with Crippen LogP contribution in [-0.4, -0.2) is 33.1 Å². The van der Waals surface area contributed by atoms with E-state index in [1.165, 1.54) is 5.56 Å². The molecule has 0 fully saturated rings. The van der Waals surface area contributed by atoms with E-state index in [0.717, 1.165) is 29.1 Å². The van der Waals surface area contributed by atoms with Gasteiger partial charge < -0.3 is 10.1 Å². The Morgan fingerprint density at radius 1 is 1.20 bits per heavy atom. The molecule has 6 heteroatoms. The van der Waals surface area contributed by atoms with Crippen LogP contribution in [0.15, 0.2) is 42.9 Å². The monoisotopic (exact) mass is 339 g/mol. The minimum Gasteiger partial charge on any atom is -0.497 e. The third kappa shape index (κ3) is 3.91. The molecule has 3 rings (SSSR count). The Balaban J connectivity index is 1.66. The lowest BCUT2D eigenvalue weighted by Crippen LogP contribution is -2.33. The van der Waals surface area contributed by atoms with Crippen molar-refractivity contribution >= 4 is 0 Å². The van der Waals surface area contributed by atoms with Gasteiger partial charge in [-0.05, 0) is 50.6 Å². The SMILES string of the molecule is COc1ccc(-c2[nH]ncc2CN[C@@H](C)[C@@H](C)n2cc(C)cn2)cc1. The molecule has 2 N–H and O–H groups in total. The maximum atomic E-state index is 5.22. The summed E-state index contributed by atoms with van der Waals surface area (Å²) in [6.45, 7) is 7.14. The van der Waals surface area contributed by atoms with Crippen LogP contribution in [0.5, 0.6) is 5.75 Å². The van der Waals surface area contributed by atoms with Crippen LogP contribution in [0.2, 0.25) is 0 Å². The molecule has 0 saturated heterocycles. The van der Waals surface area contributed by atoms with Gasteiger partial charge in [-0.1, -0.05) is 0 Å². The van der Waals surface area contributed by atoms with E-state index in [0.29, 0.717) is 0 Å². The zero-order chi connectivity index (χ0) is 17.8. The van der Waals surface area contributed by atoms with E-state index in [1.807, 2.05) is 41.3 Å². The predicted octanol–water partition coefficient (Wildman–Crippen LogP) is 3.33. The molecule has 2 heterocycles. The molecule has 0 aliphatic heterocycles. The number of hydrogen-bond acceptors (Lipinski definition) is 4. The molecule has 0 bridgehead atoms. The van der Waals surface area contributed by atoms with Crippen molar-refractivity contribution in [1.29, 1.82) is 0 Å². The highest BCUT2D eigenvalue weighted by molar-refractivity contribution is 5.63. The van der Waals surface area contributed by atoms with Gasteiger partial charge in [-0.15, -0.1) is 0 Å². The van der Waals surface area contributed by atoms with Crippen LogP contribution in [0.1, 0.15) is 31.0 Å². The van der Waals surface area contributed by atoms with Crippen LogP contribution in [0.4, 0.5) is 0 Å². The van der Waals surface area contributed by atoms with Crippen molar-refractivity contribution in [3.8, 4) is 17.0 Å². The fourth-order valence-electron chi connectivity index (χ4n) is 2.78. The Kier molecular flexibility index (Phi) is 5.19. The zero-order valence-electron chi connectivity index (χ0n) is 15.2. The first-order valence-corrected chi connectivity index (χ1v) is 8.49. The Hall–Kier alpha value is -2.60. The summed E-state index contributed by atoms with van der Waals surface area (Å²) < 4.78 is 7.23. The molecular weight excluding hydrogens is 314 g/mol. The molecule has 0 aliphatic rings. The molecule has 2 aromatic heterocycles. The second-order valence-electron chi connectivity index (χ2n) is 6.41. The molecule has 0 amide bonds. The van der Waals surface area contributed by atoms with Gasteiger partial charge in [-0.25, -0.2) is 0 Å². The van der Waals surface area contributed by atoms with E-state index < -0.39 is 0 Å². The van der Waals surface area contributed by atoms with Crippen molar-refractivity contribution in [2.45, 2.75) is 39.4 Å². The summed E-state index contributed by atoms with van der Waals surface area (Å²) >= 11 is 0. The van der Waals surface area contributed by atoms with Gasteiger partial charge in [-0.3, -0.25) is 9.78 Å². The summed E-state index contributed by atoms with van der Waals surface area (Å²) in [6, 6.07) is 8.53. The standard InChI is InChI=1S/C19H25N5O/c1-13-9-22-24(12-13)15(3)14(2)20-10-17-11-21-23-19(17)16-5-7-18(25-4)8-6-16/h5-9,11-12,14-15,20H,10H2,1-4H3,(H,21,23)/t14-,15+/m0/s1. The van der Waals surface area contributed by atoms with Crippen molar-refractivity contribution < 1.29 is 4.74 Å².